The molecule has 0 aliphatic rings. The summed E-state index contributed by atoms with van der Waals surface area (Å²) in [4.78, 5) is 0. The molecule has 2 N–H and O–H groups in total. The molecule has 0 amide bonds. The molecule has 0 bridgehead atoms. The van der Waals surface area contributed by atoms with E-state index in [2.05, 4.69) is 10.2 Å². The quantitative estimate of drug-likeness (QED) is 0.825. The lowest BCUT2D eigenvalue weighted by molar-refractivity contribution is 0.410. The monoisotopic (exact) mass is 317 g/mol. The predicted molar refractivity (Wildman–Crippen MR) is 77.7 cm³/mol. The van der Waals surface area contributed by atoms with E-state index in [0.29, 0.717) is 33.5 Å². The van der Waals surface area contributed by atoms with Crippen molar-refractivity contribution in [3.8, 4) is 0 Å². The van der Waals surface area contributed by atoms with Gasteiger partial charge in [-0.1, -0.05) is 41.0 Å². The van der Waals surface area contributed by atoms with Crippen molar-refractivity contribution >= 4 is 35.0 Å². The molecule has 0 aliphatic carbocycles. The second kappa shape index (κ2) is 7.14. The Hall–Kier alpha value is -0.750. The van der Waals surface area contributed by atoms with Crippen LogP contribution in [-0.2, 0) is 12.2 Å². The Bertz CT molecular complexity index is 548. The molecule has 0 saturated carbocycles. The molecular formula is C12H13Cl2N3OS. The Morgan fingerprint density at radius 3 is 2.79 bits per heavy atom. The van der Waals surface area contributed by atoms with Gasteiger partial charge in [0.25, 0.3) is 5.22 Å². The summed E-state index contributed by atoms with van der Waals surface area (Å²) >= 11 is 13.3. The van der Waals surface area contributed by atoms with E-state index < -0.39 is 0 Å². The first kappa shape index (κ1) is 14.7. The zero-order chi connectivity index (χ0) is 13.7. The van der Waals surface area contributed by atoms with Gasteiger partial charge in [-0.05, 0) is 30.7 Å². The lowest BCUT2D eigenvalue weighted by Crippen LogP contribution is -2.00. The van der Waals surface area contributed by atoms with Gasteiger partial charge in [0.05, 0.1) is 10.0 Å². The summed E-state index contributed by atoms with van der Waals surface area (Å²) in [5, 5.41) is 9.58. The third-order valence-electron chi connectivity index (χ3n) is 2.39. The number of aryl methyl sites for hydroxylation is 1. The molecule has 19 heavy (non-hydrogen) atoms. The molecule has 0 saturated heterocycles. The number of nitrogens with zero attached hydrogens (tertiary/aromatic N) is 2. The van der Waals surface area contributed by atoms with Gasteiger partial charge in [0.1, 0.15) is 0 Å². The van der Waals surface area contributed by atoms with Crippen LogP contribution in [-0.4, -0.2) is 16.7 Å². The Labute approximate surface area is 125 Å². The van der Waals surface area contributed by atoms with Crippen molar-refractivity contribution in [2.75, 3.05) is 6.54 Å². The van der Waals surface area contributed by atoms with Crippen LogP contribution >= 0.6 is 35.0 Å². The largest absolute Gasteiger partial charge is 0.416 e. The maximum absolute atomic E-state index is 5.95. The number of hydrogen-bond acceptors (Lipinski definition) is 5. The molecule has 7 heteroatoms. The van der Waals surface area contributed by atoms with Gasteiger partial charge >= 0.3 is 0 Å². The number of thioether (sulfide) groups is 1. The molecule has 1 heterocycles. The lowest BCUT2D eigenvalue weighted by atomic mass is 10.2. The van der Waals surface area contributed by atoms with Gasteiger partial charge in [0, 0.05) is 12.2 Å². The highest BCUT2D eigenvalue weighted by molar-refractivity contribution is 7.98. The van der Waals surface area contributed by atoms with Crippen molar-refractivity contribution in [2.24, 2.45) is 5.73 Å². The van der Waals surface area contributed by atoms with Crippen LogP contribution < -0.4 is 5.73 Å². The van der Waals surface area contributed by atoms with Gasteiger partial charge in [0.15, 0.2) is 0 Å². The molecule has 0 aliphatic heterocycles. The zero-order valence-corrected chi connectivity index (χ0v) is 12.4. The Kier molecular flexibility index (Phi) is 5.51. The topological polar surface area (TPSA) is 64.9 Å². The first-order valence-corrected chi connectivity index (χ1v) is 7.52. The summed E-state index contributed by atoms with van der Waals surface area (Å²) in [6.07, 6.45) is 1.57. The third-order valence-corrected chi connectivity index (χ3v) is 4.02. The highest BCUT2D eigenvalue weighted by Crippen LogP contribution is 2.27. The van der Waals surface area contributed by atoms with Crippen molar-refractivity contribution in [3.63, 3.8) is 0 Å². The van der Waals surface area contributed by atoms with Crippen LogP contribution in [0.4, 0.5) is 0 Å². The van der Waals surface area contributed by atoms with Gasteiger partial charge in [0.2, 0.25) is 5.89 Å². The first-order chi connectivity index (χ1) is 9.19. The standard InChI is InChI=1S/C12H13Cl2N3OS/c13-9-4-3-8(6-10(9)14)7-19-12-17-16-11(18-12)2-1-5-15/h3-4,6H,1-2,5,7,15H2. The van der Waals surface area contributed by atoms with Crippen molar-refractivity contribution in [1.82, 2.24) is 10.2 Å². The van der Waals surface area contributed by atoms with E-state index in [1.165, 1.54) is 11.8 Å². The minimum atomic E-state index is 0.550. The lowest BCUT2D eigenvalue weighted by Gasteiger charge is -2.00. The van der Waals surface area contributed by atoms with Crippen LogP contribution in [0.25, 0.3) is 0 Å². The van der Waals surface area contributed by atoms with E-state index in [1.54, 1.807) is 6.07 Å². The molecule has 0 atom stereocenters. The van der Waals surface area contributed by atoms with E-state index >= 15 is 0 Å². The van der Waals surface area contributed by atoms with E-state index in [4.69, 9.17) is 33.4 Å². The highest BCUT2D eigenvalue weighted by atomic mass is 35.5. The molecule has 2 aromatic rings. The number of aromatic nitrogens is 2. The normalized spacial score (nSPS) is 10.9. The average Bonchev–Trinajstić information content (AvgIpc) is 2.86. The van der Waals surface area contributed by atoms with Crippen LogP contribution in [0.15, 0.2) is 27.8 Å². The number of nitrogens with two attached hydrogens (primary N) is 1. The van der Waals surface area contributed by atoms with Gasteiger partial charge in [-0.2, -0.15) is 0 Å². The van der Waals surface area contributed by atoms with Crippen molar-refractivity contribution in [2.45, 2.75) is 23.8 Å². The summed E-state index contributed by atoms with van der Waals surface area (Å²) in [5.41, 5.74) is 6.48. The number of benzene rings is 1. The predicted octanol–water partition coefficient (Wildman–Crippen LogP) is 3.56. The molecule has 0 unspecified atom stereocenters. The van der Waals surface area contributed by atoms with E-state index in [1.807, 2.05) is 12.1 Å². The Morgan fingerprint density at radius 1 is 1.21 bits per heavy atom. The molecule has 0 fully saturated rings. The Balaban J connectivity index is 1.91. The van der Waals surface area contributed by atoms with Gasteiger partial charge < -0.3 is 10.2 Å². The number of rotatable bonds is 6. The van der Waals surface area contributed by atoms with Gasteiger partial charge in [-0.15, -0.1) is 10.2 Å². The molecule has 0 spiro atoms. The number of hydrogen-bond donors (Lipinski definition) is 1. The van der Waals surface area contributed by atoms with E-state index in [9.17, 15) is 0 Å². The van der Waals surface area contributed by atoms with E-state index in [-0.39, 0.29) is 0 Å². The number of halogens is 2. The molecule has 102 valence electrons. The zero-order valence-electron chi connectivity index (χ0n) is 10.1. The average molecular weight is 318 g/mol. The third kappa shape index (κ3) is 4.38. The highest BCUT2D eigenvalue weighted by Gasteiger charge is 2.07. The SMILES string of the molecule is NCCCc1nnc(SCc2ccc(Cl)c(Cl)c2)o1. The fourth-order valence-corrected chi connectivity index (χ4v) is 2.47. The van der Waals surface area contributed by atoms with Crippen LogP contribution in [0.2, 0.25) is 10.0 Å². The summed E-state index contributed by atoms with van der Waals surface area (Å²) in [6, 6.07) is 5.54. The smallest absolute Gasteiger partial charge is 0.276 e. The molecule has 1 aromatic heterocycles. The van der Waals surface area contributed by atoms with Gasteiger partial charge in [-0.25, -0.2) is 0 Å². The van der Waals surface area contributed by atoms with Gasteiger partial charge in [-0.3, -0.25) is 0 Å². The molecule has 0 radical (unpaired) electrons. The fraction of sp³-hybridized carbons (Fsp3) is 0.333. The summed E-state index contributed by atoms with van der Waals surface area (Å²) < 4.78 is 5.49. The second-order valence-electron chi connectivity index (χ2n) is 3.89. The summed E-state index contributed by atoms with van der Waals surface area (Å²) in [7, 11) is 0. The maximum Gasteiger partial charge on any atom is 0.276 e. The van der Waals surface area contributed by atoms with Crippen molar-refractivity contribution in [1.29, 1.82) is 0 Å². The van der Waals surface area contributed by atoms with Crippen LogP contribution in [0.5, 0.6) is 0 Å². The van der Waals surface area contributed by atoms with Crippen molar-refractivity contribution in [3.05, 3.63) is 39.7 Å². The molecular weight excluding hydrogens is 305 g/mol. The van der Waals surface area contributed by atoms with Crippen molar-refractivity contribution < 1.29 is 4.42 Å². The summed E-state index contributed by atoms with van der Waals surface area (Å²) in [5.74, 6) is 1.33. The minimum Gasteiger partial charge on any atom is -0.416 e. The molecule has 4 nitrogen and oxygen atoms in total. The minimum absolute atomic E-state index is 0.550. The first-order valence-electron chi connectivity index (χ1n) is 5.78. The maximum atomic E-state index is 5.95. The van der Waals surface area contributed by atoms with E-state index in [0.717, 1.165) is 18.4 Å². The second-order valence-corrected chi connectivity index (χ2v) is 5.63. The Morgan fingerprint density at radius 2 is 2.05 bits per heavy atom. The molecule has 2 rings (SSSR count). The fourth-order valence-electron chi connectivity index (χ4n) is 1.43. The van der Waals surface area contributed by atoms with Crippen LogP contribution in [0, 0.1) is 0 Å². The van der Waals surface area contributed by atoms with Crippen LogP contribution in [0.1, 0.15) is 17.9 Å². The van der Waals surface area contributed by atoms with Crippen LogP contribution in [0.3, 0.4) is 0 Å². The molecule has 1 aromatic carbocycles. The summed E-state index contributed by atoms with van der Waals surface area (Å²) in [6.45, 7) is 0.619.